The molecule has 39 heavy (non-hydrogen) atoms. The number of piperidine rings is 1. The quantitative estimate of drug-likeness (QED) is 0.457. The molecule has 3 saturated heterocycles. The summed E-state index contributed by atoms with van der Waals surface area (Å²) in [5, 5.41) is 9.65. The van der Waals surface area contributed by atoms with Crippen molar-refractivity contribution in [1.29, 1.82) is 0 Å². The van der Waals surface area contributed by atoms with Crippen molar-refractivity contribution >= 4 is 16.8 Å². The van der Waals surface area contributed by atoms with Gasteiger partial charge < -0.3 is 19.6 Å². The lowest BCUT2D eigenvalue weighted by Gasteiger charge is -2.36. The number of carbonyl (C=O) groups is 1. The molecule has 1 amide bonds. The fraction of sp³-hybridized carbons (Fsp3) is 0.515. The van der Waals surface area contributed by atoms with Crippen molar-refractivity contribution in [3.63, 3.8) is 0 Å². The minimum absolute atomic E-state index is 0.189. The van der Waals surface area contributed by atoms with Crippen LogP contribution in [0, 0.1) is 5.92 Å². The van der Waals surface area contributed by atoms with Gasteiger partial charge in [0.2, 0.25) is 0 Å². The number of amides is 1. The summed E-state index contributed by atoms with van der Waals surface area (Å²) < 4.78 is 5.59. The Balaban J connectivity index is 0.000000332. The van der Waals surface area contributed by atoms with Gasteiger partial charge in [0.1, 0.15) is 6.10 Å². The van der Waals surface area contributed by atoms with Crippen molar-refractivity contribution < 1.29 is 14.6 Å². The Morgan fingerprint density at radius 3 is 2.41 bits per heavy atom. The molecule has 0 bridgehead atoms. The molecule has 0 radical (unpaired) electrons. The molecule has 1 aromatic heterocycles. The number of aromatic nitrogens is 1. The van der Waals surface area contributed by atoms with Crippen molar-refractivity contribution in [1.82, 2.24) is 14.8 Å². The maximum absolute atomic E-state index is 12.6. The zero-order valence-corrected chi connectivity index (χ0v) is 23.3. The number of likely N-dealkylation sites (tertiary alicyclic amines) is 2. The van der Waals surface area contributed by atoms with Crippen LogP contribution in [0.5, 0.6) is 0 Å². The van der Waals surface area contributed by atoms with E-state index in [0.29, 0.717) is 18.4 Å². The molecule has 0 saturated carbocycles. The Kier molecular flexibility index (Phi) is 9.62. The number of benzene rings is 2. The Morgan fingerprint density at radius 1 is 0.974 bits per heavy atom. The minimum atomic E-state index is -0.189. The predicted octanol–water partition coefficient (Wildman–Crippen LogP) is 5.50. The number of carbonyl (C=O) groups excluding carboxylic acids is 1. The Hall–Kier alpha value is -2.80. The molecule has 6 heteroatoms. The van der Waals surface area contributed by atoms with Gasteiger partial charge in [-0.05, 0) is 86.7 Å². The standard InChI is InChI=1S/C27H30N2O2.C6H13NO/c1-19(21-12-14-29(15-13-21)27(30)26-7-4-16-31-26)20-8-10-22(11-9-20)24-17-23-5-2-3-6-25(23)28-18-24;8-6-5-7-3-1-2-4-7/h2-3,5-6,8-11,17-19,21,26H,4,7,12-16H2,1H3;8H,1-6H2/t19?,26-;/m1./s1. The largest absolute Gasteiger partial charge is 0.395 e. The first-order valence-electron chi connectivity index (χ1n) is 14.8. The van der Waals surface area contributed by atoms with Crippen LogP contribution in [0.25, 0.3) is 22.0 Å². The molecule has 208 valence electrons. The average molecular weight is 530 g/mol. The summed E-state index contributed by atoms with van der Waals surface area (Å²) in [6.45, 7) is 8.36. The maximum atomic E-state index is 12.6. The van der Waals surface area contributed by atoms with E-state index < -0.39 is 0 Å². The summed E-state index contributed by atoms with van der Waals surface area (Å²) in [6.07, 6.45) is 8.43. The highest BCUT2D eigenvalue weighted by Crippen LogP contribution is 2.34. The first-order valence-corrected chi connectivity index (χ1v) is 14.8. The lowest BCUT2D eigenvalue weighted by atomic mass is 9.81. The number of hydrogen-bond donors (Lipinski definition) is 1. The molecular weight excluding hydrogens is 486 g/mol. The minimum Gasteiger partial charge on any atom is -0.395 e. The fourth-order valence-electron chi connectivity index (χ4n) is 6.22. The number of β-amino-alcohol motifs (C(OH)–C–C–N with tert-alkyl or cyclic N) is 1. The number of aliphatic hydroxyl groups is 1. The molecule has 0 aliphatic carbocycles. The van der Waals surface area contributed by atoms with E-state index in [1.807, 2.05) is 23.2 Å². The topological polar surface area (TPSA) is 65.9 Å². The molecule has 1 unspecified atom stereocenters. The fourth-order valence-corrected chi connectivity index (χ4v) is 6.22. The summed E-state index contributed by atoms with van der Waals surface area (Å²) in [6, 6.07) is 19.4. The van der Waals surface area contributed by atoms with Gasteiger partial charge in [0.05, 0.1) is 12.1 Å². The lowest BCUT2D eigenvalue weighted by Crippen LogP contribution is -2.44. The Labute approximate surface area is 233 Å². The zero-order chi connectivity index (χ0) is 27.0. The van der Waals surface area contributed by atoms with Gasteiger partial charge in [-0.1, -0.05) is 49.4 Å². The molecule has 2 atom stereocenters. The average Bonchev–Trinajstić information content (AvgIpc) is 3.72. The molecule has 4 heterocycles. The van der Waals surface area contributed by atoms with E-state index >= 15 is 0 Å². The van der Waals surface area contributed by atoms with Crippen LogP contribution in [-0.2, 0) is 9.53 Å². The number of ether oxygens (including phenoxy) is 1. The van der Waals surface area contributed by atoms with Crippen LogP contribution in [0.1, 0.15) is 56.9 Å². The first-order chi connectivity index (χ1) is 19.1. The first kappa shape index (κ1) is 27.8. The summed E-state index contributed by atoms with van der Waals surface area (Å²) >= 11 is 0. The van der Waals surface area contributed by atoms with Crippen molar-refractivity contribution in [3.05, 3.63) is 66.4 Å². The number of para-hydroxylation sites is 1. The third-order valence-corrected chi connectivity index (χ3v) is 8.74. The van der Waals surface area contributed by atoms with Crippen LogP contribution in [0.4, 0.5) is 0 Å². The van der Waals surface area contributed by atoms with Crippen molar-refractivity contribution in [3.8, 4) is 11.1 Å². The lowest BCUT2D eigenvalue weighted by molar-refractivity contribution is -0.142. The monoisotopic (exact) mass is 529 g/mol. The predicted molar refractivity (Wildman–Crippen MR) is 157 cm³/mol. The highest BCUT2D eigenvalue weighted by molar-refractivity contribution is 5.83. The highest BCUT2D eigenvalue weighted by Gasteiger charge is 2.32. The molecule has 6 rings (SSSR count). The molecule has 3 aliphatic heterocycles. The number of pyridine rings is 1. The van der Waals surface area contributed by atoms with Crippen LogP contribution in [-0.4, -0.2) is 77.8 Å². The van der Waals surface area contributed by atoms with E-state index in [4.69, 9.17) is 9.84 Å². The second-order valence-corrected chi connectivity index (χ2v) is 11.3. The summed E-state index contributed by atoms with van der Waals surface area (Å²) in [5.41, 5.74) is 4.76. The SMILES string of the molecule is CC(c1ccc(-c2cnc3ccccc3c2)cc1)C1CCN(C(=O)[C@H]2CCCO2)CC1.OCCN1CCCC1. The van der Waals surface area contributed by atoms with Gasteiger partial charge in [-0.3, -0.25) is 9.78 Å². The van der Waals surface area contributed by atoms with Gasteiger partial charge in [0, 0.05) is 43.4 Å². The van der Waals surface area contributed by atoms with E-state index in [1.54, 1.807) is 0 Å². The van der Waals surface area contributed by atoms with Crippen molar-refractivity contribution in [2.24, 2.45) is 5.92 Å². The molecular formula is C33H43N3O3. The van der Waals surface area contributed by atoms with Gasteiger partial charge >= 0.3 is 0 Å². The van der Waals surface area contributed by atoms with Crippen molar-refractivity contribution in [2.75, 3.05) is 45.9 Å². The van der Waals surface area contributed by atoms with Gasteiger partial charge in [0.15, 0.2) is 0 Å². The molecule has 1 N–H and O–H groups in total. The van der Waals surface area contributed by atoms with Gasteiger partial charge in [-0.25, -0.2) is 0 Å². The maximum Gasteiger partial charge on any atom is 0.251 e. The Morgan fingerprint density at radius 2 is 1.72 bits per heavy atom. The van der Waals surface area contributed by atoms with E-state index in [0.717, 1.165) is 63.0 Å². The van der Waals surface area contributed by atoms with Crippen LogP contribution in [0.15, 0.2) is 60.8 Å². The number of nitrogens with zero attached hydrogens (tertiary/aromatic N) is 3. The van der Waals surface area contributed by atoms with Gasteiger partial charge in [-0.2, -0.15) is 0 Å². The third-order valence-electron chi connectivity index (χ3n) is 8.74. The molecule has 3 aromatic rings. The van der Waals surface area contributed by atoms with Crippen molar-refractivity contribution in [2.45, 2.75) is 57.5 Å². The smallest absolute Gasteiger partial charge is 0.251 e. The third kappa shape index (κ3) is 7.05. The summed E-state index contributed by atoms with van der Waals surface area (Å²) in [7, 11) is 0. The van der Waals surface area contributed by atoms with E-state index in [-0.39, 0.29) is 12.0 Å². The number of hydrogen-bond acceptors (Lipinski definition) is 5. The second kappa shape index (κ2) is 13.5. The number of fused-ring (bicyclic) bond motifs is 1. The number of aliphatic hydroxyl groups excluding tert-OH is 1. The number of rotatable bonds is 6. The highest BCUT2D eigenvalue weighted by atomic mass is 16.5. The van der Waals surface area contributed by atoms with Crippen LogP contribution in [0.2, 0.25) is 0 Å². The molecule has 0 spiro atoms. The molecule has 2 aromatic carbocycles. The van der Waals surface area contributed by atoms with Crippen LogP contribution >= 0.6 is 0 Å². The van der Waals surface area contributed by atoms with Gasteiger partial charge in [0.25, 0.3) is 5.91 Å². The molecule has 3 fully saturated rings. The van der Waals surface area contributed by atoms with E-state index in [9.17, 15) is 4.79 Å². The van der Waals surface area contributed by atoms with Crippen LogP contribution in [0.3, 0.4) is 0 Å². The molecule has 3 aliphatic rings. The normalized spacial score (nSPS) is 21.1. The Bertz CT molecular complexity index is 1190. The zero-order valence-electron chi connectivity index (χ0n) is 23.3. The second-order valence-electron chi connectivity index (χ2n) is 11.3. The molecule has 6 nitrogen and oxygen atoms in total. The van der Waals surface area contributed by atoms with E-state index in [2.05, 4.69) is 59.3 Å². The van der Waals surface area contributed by atoms with Crippen LogP contribution < -0.4 is 0 Å². The summed E-state index contributed by atoms with van der Waals surface area (Å²) in [5.74, 6) is 1.31. The van der Waals surface area contributed by atoms with E-state index in [1.165, 1.54) is 42.4 Å². The summed E-state index contributed by atoms with van der Waals surface area (Å²) in [4.78, 5) is 21.5. The van der Waals surface area contributed by atoms with Gasteiger partial charge in [-0.15, -0.1) is 0 Å².